The molecule has 142 valence electrons. The van der Waals surface area contributed by atoms with Crippen molar-refractivity contribution in [3.8, 4) is 0 Å². The number of carbonyl (C=O) groups excluding carboxylic acids is 1. The zero-order chi connectivity index (χ0) is 19.6. The quantitative estimate of drug-likeness (QED) is 0.681. The molecule has 0 aliphatic heterocycles. The van der Waals surface area contributed by atoms with E-state index in [0.717, 1.165) is 16.8 Å². The van der Waals surface area contributed by atoms with E-state index in [0.29, 0.717) is 27.9 Å². The average Bonchev–Trinajstić information content (AvgIpc) is 3.01. The van der Waals surface area contributed by atoms with Crippen molar-refractivity contribution in [1.82, 2.24) is 15.2 Å². The van der Waals surface area contributed by atoms with Crippen LogP contribution in [-0.2, 0) is 4.79 Å². The molecule has 0 unspecified atom stereocenters. The van der Waals surface area contributed by atoms with Crippen molar-refractivity contribution in [2.75, 3.05) is 11.9 Å². The van der Waals surface area contributed by atoms with Gasteiger partial charge in [0.2, 0.25) is 0 Å². The third-order valence-corrected chi connectivity index (χ3v) is 4.57. The maximum Gasteiger partial charge on any atom is 0.265 e. The maximum absolute atomic E-state index is 12.5. The summed E-state index contributed by atoms with van der Waals surface area (Å²) in [4.78, 5) is 19.3. The van der Waals surface area contributed by atoms with E-state index in [1.807, 2.05) is 18.2 Å². The third kappa shape index (κ3) is 4.22. The van der Waals surface area contributed by atoms with Crippen LogP contribution in [0.5, 0.6) is 0 Å². The Morgan fingerprint density at radius 2 is 1.81 bits per heavy atom. The van der Waals surface area contributed by atoms with Crippen molar-refractivity contribution in [2.45, 2.75) is 39.5 Å². The van der Waals surface area contributed by atoms with Gasteiger partial charge in [-0.3, -0.25) is 4.79 Å². The van der Waals surface area contributed by atoms with E-state index >= 15 is 0 Å². The fourth-order valence-corrected chi connectivity index (χ4v) is 3.12. The van der Waals surface area contributed by atoms with Gasteiger partial charge in [-0.15, -0.1) is 5.10 Å². The van der Waals surface area contributed by atoms with Gasteiger partial charge in [0.25, 0.3) is 5.91 Å². The smallest absolute Gasteiger partial charge is 0.265 e. The Kier molecular flexibility index (Phi) is 5.65. The minimum Gasteiger partial charge on any atom is -0.385 e. The van der Waals surface area contributed by atoms with Crippen LogP contribution in [0.1, 0.15) is 50.7 Å². The Hall–Kier alpha value is -2.60. The van der Waals surface area contributed by atoms with E-state index in [1.165, 1.54) is 4.85 Å². The van der Waals surface area contributed by atoms with Crippen molar-refractivity contribution in [3.63, 3.8) is 0 Å². The van der Waals surface area contributed by atoms with E-state index in [2.05, 4.69) is 43.3 Å². The number of para-hydroxylation sites is 1. The molecule has 3 aromatic rings. The van der Waals surface area contributed by atoms with Gasteiger partial charge >= 0.3 is 0 Å². The topological polar surface area (TPSA) is 69.0 Å². The Balaban J connectivity index is 1.77. The molecule has 0 atom stereocenters. The molecule has 0 saturated carbocycles. The van der Waals surface area contributed by atoms with Crippen LogP contribution in [0.4, 0.5) is 5.69 Å². The molecule has 3 rings (SSSR count). The number of hydrogen-bond acceptors (Lipinski definition) is 4. The van der Waals surface area contributed by atoms with Crippen molar-refractivity contribution in [3.05, 3.63) is 52.5 Å². The summed E-state index contributed by atoms with van der Waals surface area (Å²) < 4.78 is 0. The molecular weight excluding hydrogens is 364 g/mol. The van der Waals surface area contributed by atoms with Gasteiger partial charge in [0.15, 0.2) is 6.61 Å². The number of nitrogens with zero attached hydrogens (tertiary/aromatic N) is 3. The van der Waals surface area contributed by atoms with Crippen LogP contribution in [0.25, 0.3) is 11.0 Å². The molecule has 0 fully saturated rings. The first-order valence-corrected chi connectivity index (χ1v) is 9.31. The largest absolute Gasteiger partial charge is 0.385 e. The summed E-state index contributed by atoms with van der Waals surface area (Å²) >= 11 is 6.01. The summed E-state index contributed by atoms with van der Waals surface area (Å²) in [5, 5.41) is 11.5. The molecule has 0 aliphatic carbocycles. The SMILES string of the molecule is CC(C)c1cccc(C(C)C)c1NC(=O)COn1nnc2ccc(Cl)cc21. The number of hydrogen-bond donors (Lipinski definition) is 1. The molecule has 0 saturated heterocycles. The summed E-state index contributed by atoms with van der Waals surface area (Å²) in [6.45, 7) is 8.25. The number of carbonyl (C=O) groups is 1. The highest BCUT2D eigenvalue weighted by Crippen LogP contribution is 2.32. The van der Waals surface area contributed by atoms with Gasteiger partial charge in [0.05, 0.1) is 0 Å². The Bertz CT molecular complexity index is 940. The van der Waals surface area contributed by atoms with E-state index in [4.69, 9.17) is 16.4 Å². The number of rotatable bonds is 6. The summed E-state index contributed by atoms with van der Waals surface area (Å²) in [6, 6.07) is 11.3. The molecule has 0 aliphatic rings. The Labute approximate surface area is 163 Å². The number of halogens is 1. The van der Waals surface area contributed by atoms with Crippen LogP contribution in [0.2, 0.25) is 5.02 Å². The van der Waals surface area contributed by atoms with Crippen molar-refractivity contribution < 1.29 is 9.63 Å². The molecule has 7 heteroatoms. The van der Waals surface area contributed by atoms with Crippen molar-refractivity contribution in [2.24, 2.45) is 0 Å². The lowest BCUT2D eigenvalue weighted by molar-refractivity contribution is -0.121. The van der Waals surface area contributed by atoms with E-state index < -0.39 is 0 Å². The number of nitrogens with one attached hydrogen (secondary N) is 1. The fraction of sp³-hybridized carbons (Fsp3) is 0.350. The van der Waals surface area contributed by atoms with Crippen LogP contribution in [-0.4, -0.2) is 27.7 Å². The first-order chi connectivity index (χ1) is 12.9. The molecule has 1 heterocycles. The van der Waals surface area contributed by atoms with Crippen molar-refractivity contribution in [1.29, 1.82) is 0 Å². The molecule has 1 aromatic heterocycles. The third-order valence-electron chi connectivity index (χ3n) is 4.33. The summed E-state index contributed by atoms with van der Waals surface area (Å²) in [5.41, 5.74) is 4.33. The number of anilines is 1. The van der Waals surface area contributed by atoms with Gasteiger partial charge < -0.3 is 10.2 Å². The van der Waals surface area contributed by atoms with Crippen LogP contribution in [0, 0.1) is 0 Å². The summed E-state index contributed by atoms with van der Waals surface area (Å²) in [6.07, 6.45) is 0. The van der Waals surface area contributed by atoms with Gasteiger partial charge in [0, 0.05) is 10.7 Å². The van der Waals surface area contributed by atoms with Gasteiger partial charge in [-0.25, -0.2) is 0 Å². The van der Waals surface area contributed by atoms with Crippen LogP contribution in [0.3, 0.4) is 0 Å². The van der Waals surface area contributed by atoms with Crippen LogP contribution in [0.15, 0.2) is 36.4 Å². The number of benzene rings is 2. The molecule has 1 N–H and O–H groups in total. The predicted octanol–water partition coefficient (Wildman–Crippen LogP) is 4.40. The molecule has 0 spiro atoms. The molecule has 2 aromatic carbocycles. The maximum atomic E-state index is 12.5. The molecule has 0 bridgehead atoms. The lowest BCUT2D eigenvalue weighted by Crippen LogP contribution is -2.27. The zero-order valence-corrected chi connectivity index (χ0v) is 16.6. The number of amides is 1. The van der Waals surface area contributed by atoms with Crippen LogP contribution < -0.4 is 10.2 Å². The van der Waals surface area contributed by atoms with Gasteiger partial charge in [-0.1, -0.05) is 62.3 Å². The molecule has 0 radical (unpaired) electrons. The van der Waals surface area contributed by atoms with Crippen LogP contribution >= 0.6 is 11.6 Å². The minimum atomic E-state index is -0.254. The monoisotopic (exact) mass is 386 g/mol. The highest BCUT2D eigenvalue weighted by Gasteiger charge is 2.17. The van der Waals surface area contributed by atoms with Gasteiger partial charge in [-0.2, -0.15) is 0 Å². The lowest BCUT2D eigenvalue weighted by Gasteiger charge is -2.20. The fourth-order valence-electron chi connectivity index (χ4n) is 2.96. The second-order valence-electron chi connectivity index (χ2n) is 7.04. The summed E-state index contributed by atoms with van der Waals surface area (Å²) in [5.74, 6) is 0.332. The Morgan fingerprint density at radius 1 is 1.15 bits per heavy atom. The van der Waals surface area contributed by atoms with Crippen molar-refractivity contribution >= 4 is 34.2 Å². The average molecular weight is 387 g/mol. The molecular formula is C20H23ClN4O2. The second kappa shape index (κ2) is 7.96. The zero-order valence-electron chi connectivity index (χ0n) is 15.9. The predicted molar refractivity (Wildman–Crippen MR) is 107 cm³/mol. The normalized spacial score (nSPS) is 11.4. The second-order valence-corrected chi connectivity index (χ2v) is 7.47. The first kappa shape index (κ1) is 19.2. The summed E-state index contributed by atoms with van der Waals surface area (Å²) in [7, 11) is 0. The standard InChI is InChI=1S/C20H23ClN4O2/c1-12(2)15-6-5-7-16(13(3)4)20(15)22-19(26)11-27-25-18-10-14(21)8-9-17(18)23-24-25/h5-10,12-13H,11H2,1-4H3,(H,22,26). The lowest BCUT2D eigenvalue weighted by atomic mass is 9.92. The van der Waals surface area contributed by atoms with E-state index in [1.54, 1.807) is 18.2 Å². The number of fused-ring (bicyclic) bond motifs is 1. The van der Waals surface area contributed by atoms with Gasteiger partial charge in [-0.05, 0) is 46.4 Å². The van der Waals surface area contributed by atoms with Gasteiger partial charge in [0.1, 0.15) is 11.0 Å². The first-order valence-electron chi connectivity index (χ1n) is 8.93. The number of aromatic nitrogens is 3. The van der Waals surface area contributed by atoms with E-state index in [9.17, 15) is 4.79 Å². The molecule has 27 heavy (non-hydrogen) atoms. The molecule has 1 amide bonds. The Morgan fingerprint density at radius 3 is 2.44 bits per heavy atom. The highest BCUT2D eigenvalue weighted by molar-refractivity contribution is 6.31. The highest BCUT2D eigenvalue weighted by atomic mass is 35.5. The van der Waals surface area contributed by atoms with E-state index in [-0.39, 0.29) is 12.5 Å². The molecule has 6 nitrogen and oxygen atoms in total. The minimum absolute atomic E-state index is 0.186.